The molecule has 0 unspecified atom stereocenters. The Morgan fingerprint density at radius 3 is 2.56 bits per heavy atom. The molecule has 1 aromatic heterocycles. The minimum absolute atomic E-state index is 0.161. The molecule has 4 nitrogen and oxygen atoms in total. The zero-order valence-corrected chi connectivity index (χ0v) is 10.4. The molecule has 2 aromatic rings. The van der Waals surface area contributed by atoms with Gasteiger partial charge in [-0.25, -0.2) is 0 Å². The van der Waals surface area contributed by atoms with Gasteiger partial charge >= 0.3 is 0 Å². The number of nitrogens with two attached hydrogens (primary N) is 1. The predicted octanol–water partition coefficient (Wildman–Crippen LogP) is 2.03. The maximum Gasteiger partial charge on any atom is 0.251 e. The standard InChI is InChI=1S/C13H12N2O2S/c14-12(17)10-6-7-18-13(10)15-11(16)8-9-4-2-1-3-5-9/h1-7H,8H2,(H2,14,17)(H,15,16). The molecule has 0 aliphatic rings. The molecule has 0 atom stereocenters. The highest BCUT2D eigenvalue weighted by molar-refractivity contribution is 7.14. The van der Waals surface area contributed by atoms with Gasteiger partial charge in [-0.05, 0) is 17.0 Å². The lowest BCUT2D eigenvalue weighted by atomic mass is 10.1. The van der Waals surface area contributed by atoms with Crippen LogP contribution in [0.1, 0.15) is 15.9 Å². The quantitative estimate of drug-likeness (QED) is 0.882. The highest BCUT2D eigenvalue weighted by Gasteiger charge is 2.12. The van der Waals surface area contributed by atoms with E-state index in [0.29, 0.717) is 10.6 Å². The molecule has 0 spiro atoms. The average molecular weight is 260 g/mol. The summed E-state index contributed by atoms with van der Waals surface area (Å²) in [5, 5.41) is 4.92. The summed E-state index contributed by atoms with van der Waals surface area (Å²) in [7, 11) is 0. The lowest BCUT2D eigenvalue weighted by molar-refractivity contribution is -0.115. The summed E-state index contributed by atoms with van der Waals surface area (Å²) in [6, 6.07) is 11.0. The van der Waals surface area contributed by atoms with Gasteiger partial charge in [0.2, 0.25) is 5.91 Å². The van der Waals surface area contributed by atoms with Gasteiger partial charge in [-0.15, -0.1) is 11.3 Å². The van der Waals surface area contributed by atoms with Gasteiger partial charge in [-0.2, -0.15) is 0 Å². The van der Waals surface area contributed by atoms with Crippen LogP contribution in [0.15, 0.2) is 41.8 Å². The number of benzene rings is 1. The summed E-state index contributed by atoms with van der Waals surface area (Å²) in [6.07, 6.45) is 0.275. The van der Waals surface area contributed by atoms with Crippen LogP contribution >= 0.6 is 11.3 Å². The van der Waals surface area contributed by atoms with Crippen molar-refractivity contribution < 1.29 is 9.59 Å². The highest BCUT2D eigenvalue weighted by Crippen LogP contribution is 2.22. The lowest BCUT2D eigenvalue weighted by Gasteiger charge is -2.04. The molecule has 0 aliphatic carbocycles. The van der Waals surface area contributed by atoms with Crippen molar-refractivity contribution in [3.8, 4) is 0 Å². The first kappa shape index (κ1) is 12.3. The molecule has 0 fully saturated rings. The van der Waals surface area contributed by atoms with Crippen molar-refractivity contribution in [2.45, 2.75) is 6.42 Å². The molecule has 92 valence electrons. The minimum atomic E-state index is -0.536. The first-order valence-corrected chi connectivity index (χ1v) is 6.26. The van der Waals surface area contributed by atoms with E-state index in [2.05, 4.69) is 5.32 Å². The molecule has 1 heterocycles. The second-order valence-electron chi connectivity index (χ2n) is 3.74. The number of thiophene rings is 1. The second-order valence-corrected chi connectivity index (χ2v) is 4.65. The number of carbonyl (C=O) groups excluding carboxylic acids is 2. The Labute approximate surface area is 108 Å². The largest absolute Gasteiger partial charge is 0.366 e. The number of primary amides is 1. The summed E-state index contributed by atoms with van der Waals surface area (Å²) >= 11 is 1.28. The smallest absolute Gasteiger partial charge is 0.251 e. The van der Waals surface area contributed by atoms with Gasteiger partial charge in [0, 0.05) is 0 Å². The first-order chi connectivity index (χ1) is 8.66. The molecule has 0 aliphatic heterocycles. The van der Waals surface area contributed by atoms with Crippen molar-refractivity contribution in [2.75, 3.05) is 5.32 Å². The Morgan fingerprint density at radius 1 is 1.17 bits per heavy atom. The molecule has 2 amide bonds. The number of carbonyl (C=O) groups is 2. The number of hydrogen-bond acceptors (Lipinski definition) is 3. The fraction of sp³-hybridized carbons (Fsp3) is 0.0769. The summed E-state index contributed by atoms with van der Waals surface area (Å²) < 4.78 is 0. The van der Waals surface area contributed by atoms with Crippen LogP contribution in [0.5, 0.6) is 0 Å². The van der Waals surface area contributed by atoms with Gasteiger partial charge in [-0.1, -0.05) is 30.3 Å². The van der Waals surface area contributed by atoms with Gasteiger partial charge in [-0.3, -0.25) is 9.59 Å². The van der Waals surface area contributed by atoms with Gasteiger partial charge < -0.3 is 11.1 Å². The van der Waals surface area contributed by atoms with E-state index in [-0.39, 0.29) is 12.3 Å². The second kappa shape index (κ2) is 5.46. The molecule has 0 bridgehead atoms. The first-order valence-electron chi connectivity index (χ1n) is 5.38. The summed E-state index contributed by atoms with van der Waals surface area (Å²) in [5.74, 6) is -0.697. The van der Waals surface area contributed by atoms with E-state index >= 15 is 0 Å². The maximum absolute atomic E-state index is 11.8. The fourth-order valence-corrected chi connectivity index (χ4v) is 2.36. The SMILES string of the molecule is NC(=O)c1ccsc1NC(=O)Cc1ccccc1. The van der Waals surface area contributed by atoms with E-state index in [1.54, 1.807) is 11.4 Å². The third kappa shape index (κ3) is 2.95. The number of amides is 2. The molecule has 0 saturated carbocycles. The van der Waals surface area contributed by atoms with Crippen LogP contribution in [0.25, 0.3) is 0 Å². The van der Waals surface area contributed by atoms with Crippen LogP contribution in [-0.2, 0) is 11.2 Å². The number of anilines is 1. The van der Waals surface area contributed by atoms with Crippen molar-refractivity contribution in [3.05, 3.63) is 52.9 Å². The predicted molar refractivity (Wildman–Crippen MR) is 71.6 cm³/mol. The van der Waals surface area contributed by atoms with Gasteiger partial charge in [0.25, 0.3) is 5.91 Å². The van der Waals surface area contributed by atoms with Crippen LogP contribution in [0.3, 0.4) is 0 Å². The van der Waals surface area contributed by atoms with Crippen molar-refractivity contribution >= 4 is 28.2 Å². The Bertz CT molecular complexity index is 563. The van der Waals surface area contributed by atoms with E-state index in [4.69, 9.17) is 5.73 Å². The number of rotatable bonds is 4. The minimum Gasteiger partial charge on any atom is -0.366 e. The molecule has 1 aromatic carbocycles. The molecule has 0 saturated heterocycles. The summed E-state index contributed by atoms with van der Waals surface area (Å²) in [5.41, 5.74) is 6.48. The molecule has 3 N–H and O–H groups in total. The van der Waals surface area contributed by atoms with E-state index in [9.17, 15) is 9.59 Å². The van der Waals surface area contributed by atoms with Crippen molar-refractivity contribution in [1.29, 1.82) is 0 Å². The molecule has 18 heavy (non-hydrogen) atoms. The highest BCUT2D eigenvalue weighted by atomic mass is 32.1. The molecule has 0 radical (unpaired) electrons. The van der Waals surface area contributed by atoms with Gasteiger partial charge in [0.05, 0.1) is 12.0 Å². The Morgan fingerprint density at radius 2 is 1.89 bits per heavy atom. The Balaban J connectivity index is 2.04. The van der Waals surface area contributed by atoms with Gasteiger partial charge in [0.15, 0.2) is 0 Å². The third-order valence-electron chi connectivity index (χ3n) is 2.39. The molecule has 2 rings (SSSR count). The Kier molecular flexibility index (Phi) is 3.74. The zero-order valence-electron chi connectivity index (χ0n) is 9.55. The van der Waals surface area contributed by atoms with Gasteiger partial charge in [0.1, 0.15) is 5.00 Å². The van der Waals surface area contributed by atoms with E-state index in [1.807, 2.05) is 30.3 Å². The topological polar surface area (TPSA) is 72.2 Å². The van der Waals surface area contributed by atoms with Crippen LogP contribution in [0.4, 0.5) is 5.00 Å². The summed E-state index contributed by atoms with van der Waals surface area (Å²) in [6.45, 7) is 0. The van der Waals surface area contributed by atoms with Crippen molar-refractivity contribution in [2.24, 2.45) is 5.73 Å². The molecule has 5 heteroatoms. The number of nitrogens with one attached hydrogen (secondary N) is 1. The fourth-order valence-electron chi connectivity index (χ4n) is 1.55. The normalized spacial score (nSPS) is 10.0. The Hall–Kier alpha value is -2.14. The monoisotopic (exact) mass is 260 g/mol. The van der Waals surface area contributed by atoms with Crippen LogP contribution in [0, 0.1) is 0 Å². The maximum atomic E-state index is 11.8. The van der Waals surface area contributed by atoms with Crippen LogP contribution in [0.2, 0.25) is 0 Å². The zero-order chi connectivity index (χ0) is 13.0. The third-order valence-corrected chi connectivity index (χ3v) is 3.22. The van der Waals surface area contributed by atoms with E-state index in [1.165, 1.54) is 11.3 Å². The lowest BCUT2D eigenvalue weighted by Crippen LogP contribution is -2.17. The van der Waals surface area contributed by atoms with Crippen LogP contribution in [-0.4, -0.2) is 11.8 Å². The van der Waals surface area contributed by atoms with E-state index < -0.39 is 5.91 Å². The van der Waals surface area contributed by atoms with Crippen LogP contribution < -0.4 is 11.1 Å². The molecular weight excluding hydrogens is 248 g/mol. The number of hydrogen-bond donors (Lipinski definition) is 2. The average Bonchev–Trinajstić information content (AvgIpc) is 2.78. The van der Waals surface area contributed by atoms with E-state index in [0.717, 1.165) is 5.56 Å². The molecular formula is C13H12N2O2S. The summed E-state index contributed by atoms with van der Waals surface area (Å²) in [4.78, 5) is 22.9. The van der Waals surface area contributed by atoms with Crippen molar-refractivity contribution in [3.63, 3.8) is 0 Å². The van der Waals surface area contributed by atoms with Crippen molar-refractivity contribution in [1.82, 2.24) is 0 Å².